The van der Waals surface area contributed by atoms with Crippen molar-refractivity contribution in [1.82, 2.24) is 9.55 Å². The maximum atomic E-state index is 13.9. The summed E-state index contributed by atoms with van der Waals surface area (Å²) in [5, 5.41) is 0.662. The van der Waals surface area contributed by atoms with Crippen molar-refractivity contribution in [2.45, 2.75) is 39.3 Å². The number of fused-ring (bicyclic) bond motifs is 1. The Labute approximate surface area is 140 Å². The summed E-state index contributed by atoms with van der Waals surface area (Å²) in [7, 11) is 0. The minimum absolute atomic E-state index is 0.00121. The molecule has 0 spiro atoms. The van der Waals surface area contributed by atoms with Crippen LogP contribution in [0.5, 0.6) is 0 Å². The number of aromatic nitrogens is 2. The van der Waals surface area contributed by atoms with E-state index in [0.717, 1.165) is 17.6 Å². The standard InChI is InChI=1S/C17H20ClFN2S/c1-9(2)17(4)10(3)5-6-15(17)21-14-8-12(19)11(18)7-13(14)20-16(21)22/h6-10H,5H2,1-4H3,(H,20,22)/t10?,17-/m0/s1. The summed E-state index contributed by atoms with van der Waals surface area (Å²) in [5.74, 6) is 0.546. The highest BCUT2D eigenvalue weighted by Gasteiger charge is 2.43. The van der Waals surface area contributed by atoms with Crippen molar-refractivity contribution < 1.29 is 4.39 Å². The lowest BCUT2D eigenvalue weighted by Gasteiger charge is -2.37. The number of hydrogen-bond donors (Lipinski definition) is 1. The molecule has 1 aliphatic rings. The van der Waals surface area contributed by atoms with Gasteiger partial charge < -0.3 is 0 Å². The van der Waals surface area contributed by atoms with Crippen LogP contribution < -0.4 is 0 Å². The number of imidazole rings is 1. The number of rotatable bonds is 2. The molecule has 2 atom stereocenters. The number of hydrogen-bond acceptors (Lipinski definition) is 2. The van der Waals surface area contributed by atoms with Gasteiger partial charge in [-0.05, 0) is 24.3 Å². The van der Waals surface area contributed by atoms with Gasteiger partial charge in [-0.25, -0.2) is 9.37 Å². The van der Waals surface area contributed by atoms with Crippen LogP contribution in [0.25, 0.3) is 16.7 Å². The zero-order valence-electron chi connectivity index (χ0n) is 13.2. The van der Waals surface area contributed by atoms with Crippen molar-refractivity contribution in [2.75, 3.05) is 0 Å². The van der Waals surface area contributed by atoms with E-state index in [4.69, 9.17) is 11.6 Å². The number of allylic oxidation sites excluding steroid dienone is 2. The van der Waals surface area contributed by atoms with Gasteiger partial charge in [-0.3, -0.25) is 4.57 Å². The van der Waals surface area contributed by atoms with Gasteiger partial charge in [0.25, 0.3) is 0 Å². The van der Waals surface area contributed by atoms with Gasteiger partial charge in [0.05, 0.1) is 16.1 Å². The second-order valence-corrected chi connectivity index (χ2v) is 7.47. The fourth-order valence-corrected chi connectivity index (χ4v) is 3.98. The Bertz CT molecular complexity index is 781. The van der Waals surface area contributed by atoms with Crippen LogP contribution in [0.15, 0.2) is 23.4 Å². The highest BCUT2D eigenvalue weighted by atomic mass is 35.5. The Hall–Kier alpha value is -1.00. The molecule has 0 saturated heterocycles. The summed E-state index contributed by atoms with van der Waals surface area (Å²) in [4.78, 5) is 4.44. The molecule has 1 heterocycles. The maximum absolute atomic E-state index is 13.9. The van der Waals surface area contributed by atoms with Gasteiger partial charge in [0.2, 0.25) is 0 Å². The van der Waals surface area contributed by atoms with Gasteiger partial charge in [-0.1, -0.05) is 45.4 Å². The second-order valence-electron chi connectivity index (χ2n) is 6.67. The molecule has 0 amide bonds. The quantitative estimate of drug-likeness (QED) is 0.699. The molecule has 3 rings (SSSR count). The van der Waals surface area contributed by atoms with Crippen molar-refractivity contribution in [2.24, 2.45) is 17.3 Å². The topological polar surface area (TPSA) is 17.8 Å². The van der Waals surface area contributed by atoms with Crippen LogP contribution in [0.1, 0.15) is 34.1 Å². The van der Waals surface area contributed by atoms with Gasteiger partial charge in [0.15, 0.2) is 5.16 Å². The number of nitrogens with zero attached hydrogens (tertiary/aromatic N) is 2. The van der Waals surface area contributed by atoms with E-state index in [1.807, 2.05) is 4.57 Å². The van der Waals surface area contributed by atoms with Crippen LogP contribution in [0.3, 0.4) is 0 Å². The number of halogens is 2. The van der Waals surface area contributed by atoms with Gasteiger partial charge >= 0.3 is 0 Å². The molecule has 0 fully saturated rings. The van der Waals surface area contributed by atoms with Crippen molar-refractivity contribution in [3.8, 4) is 0 Å². The molecular formula is C17H20ClFN2S. The average Bonchev–Trinajstić information content (AvgIpc) is 2.89. The van der Waals surface area contributed by atoms with Crippen LogP contribution >= 0.6 is 24.2 Å². The normalized spacial score (nSPS) is 25.3. The molecular weight excluding hydrogens is 319 g/mol. The van der Waals surface area contributed by atoms with Crippen molar-refractivity contribution in [3.63, 3.8) is 0 Å². The summed E-state index contributed by atoms with van der Waals surface area (Å²) in [6, 6.07) is 3.02. The highest BCUT2D eigenvalue weighted by Crippen LogP contribution is 2.52. The predicted molar refractivity (Wildman–Crippen MR) is 93.0 cm³/mol. The molecule has 0 bridgehead atoms. The molecule has 2 aromatic rings. The summed E-state index contributed by atoms with van der Waals surface area (Å²) in [6.07, 6.45) is 3.24. The lowest BCUT2D eigenvalue weighted by atomic mass is 9.70. The molecule has 2 nitrogen and oxygen atoms in total. The van der Waals surface area contributed by atoms with Crippen LogP contribution in [0.2, 0.25) is 5.02 Å². The smallest absolute Gasteiger partial charge is 0.170 e. The Morgan fingerprint density at radius 3 is 2.77 bits per heavy atom. The lowest BCUT2D eigenvalue weighted by molar-refractivity contribution is 0.214. The van der Waals surface area contributed by atoms with Gasteiger partial charge in [0, 0.05) is 17.2 Å². The van der Waals surface area contributed by atoms with Gasteiger partial charge in [0.1, 0.15) is 5.82 Å². The van der Waals surface area contributed by atoms with Crippen LogP contribution in [-0.4, -0.2) is 9.55 Å². The van der Waals surface area contributed by atoms with E-state index in [2.05, 4.69) is 51.4 Å². The number of thiol groups is 1. The van der Waals surface area contributed by atoms with Crippen molar-refractivity contribution in [1.29, 1.82) is 0 Å². The lowest BCUT2D eigenvalue weighted by Crippen LogP contribution is -2.31. The predicted octanol–water partition coefficient (Wildman–Crippen LogP) is 5.66. The van der Waals surface area contributed by atoms with Crippen molar-refractivity contribution in [3.05, 3.63) is 29.0 Å². The van der Waals surface area contributed by atoms with Gasteiger partial charge in [-0.15, -0.1) is 12.6 Å². The van der Waals surface area contributed by atoms with E-state index in [-0.39, 0.29) is 10.4 Å². The fraction of sp³-hybridized carbons (Fsp3) is 0.471. The molecule has 5 heteroatoms. The molecule has 0 radical (unpaired) electrons. The van der Waals surface area contributed by atoms with Gasteiger partial charge in [-0.2, -0.15) is 0 Å². The van der Waals surface area contributed by atoms with E-state index in [1.54, 1.807) is 6.07 Å². The first-order chi connectivity index (χ1) is 10.3. The van der Waals surface area contributed by atoms with Crippen LogP contribution in [0.4, 0.5) is 4.39 Å². The zero-order valence-corrected chi connectivity index (χ0v) is 14.8. The average molecular weight is 339 g/mol. The Morgan fingerprint density at radius 2 is 2.14 bits per heavy atom. The first-order valence-corrected chi connectivity index (χ1v) is 8.36. The summed E-state index contributed by atoms with van der Waals surface area (Å²) in [6.45, 7) is 8.99. The summed E-state index contributed by atoms with van der Waals surface area (Å²) >= 11 is 10.4. The third-order valence-electron chi connectivity index (χ3n) is 5.36. The highest BCUT2D eigenvalue weighted by molar-refractivity contribution is 7.80. The third-order valence-corrected chi connectivity index (χ3v) is 5.95. The van der Waals surface area contributed by atoms with E-state index in [0.29, 0.717) is 22.5 Å². The third kappa shape index (κ3) is 2.11. The second kappa shape index (κ2) is 5.27. The largest absolute Gasteiger partial charge is 0.291 e. The molecule has 1 unspecified atom stereocenters. The molecule has 1 aromatic carbocycles. The Morgan fingerprint density at radius 1 is 1.45 bits per heavy atom. The monoisotopic (exact) mass is 338 g/mol. The van der Waals surface area contributed by atoms with E-state index >= 15 is 0 Å². The minimum atomic E-state index is -0.429. The van der Waals surface area contributed by atoms with E-state index < -0.39 is 5.82 Å². The maximum Gasteiger partial charge on any atom is 0.170 e. The summed E-state index contributed by atoms with van der Waals surface area (Å²) in [5.41, 5.74) is 2.55. The molecule has 0 saturated carbocycles. The summed E-state index contributed by atoms with van der Waals surface area (Å²) < 4.78 is 15.9. The molecule has 0 N–H and O–H groups in total. The van der Waals surface area contributed by atoms with Crippen LogP contribution in [-0.2, 0) is 0 Å². The SMILES string of the molecule is CC(C)[C@]1(C)C(n2c(S)nc3cc(Cl)c(F)cc32)=CCC1C. The first kappa shape index (κ1) is 15.9. The zero-order chi connectivity index (χ0) is 16.2. The Kier molecular flexibility index (Phi) is 3.81. The molecule has 118 valence electrons. The molecule has 22 heavy (non-hydrogen) atoms. The van der Waals surface area contributed by atoms with Crippen LogP contribution in [0, 0.1) is 23.1 Å². The molecule has 0 aliphatic heterocycles. The van der Waals surface area contributed by atoms with E-state index in [1.165, 1.54) is 6.07 Å². The molecule has 1 aliphatic carbocycles. The van der Waals surface area contributed by atoms with E-state index in [9.17, 15) is 4.39 Å². The minimum Gasteiger partial charge on any atom is -0.291 e. The first-order valence-electron chi connectivity index (χ1n) is 7.54. The number of benzene rings is 1. The van der Waals surface area contributed by atoms with Crippen molar-refractivity contribution >= 4 is 41.0 Å². The fourth-order valence-electron chi connectivity index (χ4n) is 3.50. The Balaban J connectivity index is 2.27. The molecule has 1 aromatic heterocycles.